The van der Waals surface area contributed by atoms with E-state index in [0.717, 1.165) is 12.1 Å². The molecule has 1 amide bonds. The van der Waals surface area contributed by atoms with Gasteiger partial charge in [0.1, 0.15) is 11.3 Å². The van der Waals surface area contributed by atoms with Gasteiger partial charge in [0.15, 0.2) is 0 Å². The number of carbonyl (C=O) groups excluding carboxylic acids is 1. The molecular formula is C19H18F3N3O2. The average molecular weight is 377 g/mol. The van der Waals surface area contributed by atoms with E-state index in [1.54, 1.807) is 25.1 Å². The number of benzene rings is 1. The second-order valence-electron chi connectivity index (χ2n) is 5.94. The molecule has 2 heterocycles. The topological polar surface area (TPSA) is 58.4 Å². The van der Waals surface area contributed by atoms with Crippen molar-refractivity contribution in [2.45, 2.75) is 13.1 Å². The first-order valence-electron chi connectivity index (χ1n) is 8.41. The number of carbonyl (C=O) groups is 1. The molecule has 5 nitrogen and oxygen atoms in total. The minimum absolute atomic E-state index is 0.132. The van der Waals surface area contributed by atoms with Crippen LogP contribution in [0.3, 0.4) is 0 Å². The molecule has 1 aromatic carbocycles. The Balaban J connectivity index is 2.21. The number of hydrogen-bond donors (Lipinski definition) is 1. The third-order valence-electron chi connectivity index (χ3n) is 4.25. The molecule has 0 spiro atoms. The number of aliphatic hydroxyl groups is 1. The summed E-state index contributed by atoms with van der Waals surface area (Å²) in [6.45, 7) is 2.05. The van der Waals surface area contributed by atoms with Crippen LogP contribution in [0, 0.1) is 0 Å². The minimum atomic E-state index is -4.50. The molecule has 0 saturated heterocycles. The van der Waals surface area contributed by atoms with Crippen molar-refractivity contribution in [1.29, 1.82) is 0 Å². The summed E-state index contributed by atoms with van der Waals surface area (Å²) in [4.78, 5) is 18.6. The van der Waals surface area contributed by atoms with Crippen molar-refractivity contribution < 1.29 is 23.1 Å². The predicted octanol–water partition coefficient (Wildman–Crippen LogP) is 3.50. The molecule has 27 heavy (non-hydrogen) atoms. The molecule has 0 unspecified atom stereocenters. The number of halogens is 3. The van der Waals surface area contributed by atoms with Crippen molar-refractivity contribution in [3.05, 3.63) is 59.9 Å². The number of aromatic nitrogens is 2. The smallest absolute Gasteiger partial charge is 0.395 e. The Hall–Kier alpha value is -2.87. The van der Waals surface area contributed by atoms with Crippen LogP contribution in [0.1, 0.15) is 23.0 Å². The van der Waals surface area contributed by atoms with E-state index in [0.29, 0.717) is 17.6 Å². The van der Waals surface area contributed by atoms with E-state index in [4.69, 9.17) is 0 Å². The van der Waals surface area contributed by atoms with Crippen LogP contribution in [0.15, 0.2) is 48.7 Å². The van der Waals surface area contributed by atoms with E-state index in [1.165, 1.54) is 27.8 Å². The normalized spacial score (nSPS) is 11.7. The van der Waals surface area contributed by atoms with Crippen LogP contribution in [-0.4, -0.2) is 45.2 Å². The van der Waals surface area contributed by atoms with Crippen LogP contribution in [0.4, 0.5) is 13.2 Å². The monoisotopic (exact) mass is 377 g/mol. The molecule has 0 aliphatic rings. The highest BCUT2D eigenvalue weighted by Gasteiger charge is 2.31. The molecule has 0 aliphatic heterocycles. The van der Waals surface area contributed by atoms with E-state index in [9.17, 15) is 23.1 Å². The van der Waals surface area contributed by atoms with Gasteiger partial charge in [0.25, 0.3) is 5.91 Å². The lowest BCUT2D eigenvalue weighted by Gasteiger charge is -2.21. The summed E-state index contributed by atoms with van der Waals surface area (Å²) in [6.07, 6.45) is -2.98. The fraction of sp³-hybridized carbons (Fsp3) is 0.263. The summed E-state index contributed by atoms with van der Waals surface area (Å²) >= 11 is 0. The van der Waals surface area contributed by atoms with Crippen molar-refractivity contribution in [3.63, 3.8) is 0 Å². The number of likely N-dealkylation sites (N-methyl/N-ethyl adjacent to an activating group) is 1. The summed E-state index contributed by atoms with van der Waals surface area (Å²) < 4.78 is 40.8. The third-order valence-corrected chi connectivity index (χ3v) is 4.25. The molecule has 0 bridgehead atoms. The predicted molar refractivity (Wildman–Crippen MR) is 94.7 cm³/mol. The van der Waals surface area contributed by atoms with Gasteiger partial charge in [-0.05, 0) is 43.3 Å². The maximum absolute atomic E-state index is 13.1. The molecule has 0 radical (unpaired) electrons. The summed E-state index contributed by atoms with van der Waals surface area (Å²) in [6, 6.07) is 9.81. The summed E-state index contributed by atoms with van der Waals surface area (Å²) in [5.41, 5.74) is -0.0284. The van der Waals surface area contributed by atoms with Crippen LogP contribution in [0.25, 0.3) is 16.7 Å². The maximum atomic E-state index is 13.1. The molecule has 142 valence electrons. The van der Waals surface area contributed by atoms with Crippen molar-refractivity contribution in [3.8, 4) is 5.69 Å². The first-order valence-corrected chi connectivity index (χ1v) is 8.41. The molecule has 0 atom stereocenters. The molecule has 8 heteroatoms. The van der Waals surface area contributed by atoms with Crippen LogP contribution in [0.2, 0.25) is 0 Å². The van der Waals surface area contributed by atoms with Gasteiger partial charge in [0.2, 0.25) is 0 Å². The molecule has 0 saturated carbocycles. The van der Waals surface area contributed by atoms with E-state index in [1.807, 2.05) is 0 Å². The van der Waals surface area contributed by atoms with Gasteiger partial charge < -0.3 is 10.0 Å². The first-order chi connectivity index (χ1) is 12.9. The van der Waals surface area contributed by atoms with Gasteiger partial charge in [0, 0.05) is 30.4 Å². The lowest BCUT2D eigenvalue weighted by molar-refractivity contribution is -0.137. The van der Waals surface area contributed by atoms with Crippen LogP contribution in [-0.2, 0) is 6.18 Å². The Labute approximate surface area is 153 Å². The fourth-order valence-electron chi connectivity index (χ4n) is 2.96. The van der Waals surface area contributed by atoms with Crippen molar-refractivity contribution in [2.75, 3.05) is 19.7 Å². The van der Waals surface area contributed by atoms with Crippen molar-refractivity contribution in [1.82, 2.24) is 14.5 Å². The summed E-state index contributed by atoms with van der Waals surface area (Å²) in [5.74, 6) is -0.387. The van der Waals surface area contributed by atoms with Gasteiger partial charge in [-0.25, -0.2) is 4.98 Å². The van der Waals surface area contributed by atoms with Gasteiger partial charge in [-0.2, -0.15) is 13.2 Å². The van der Waals surface area contributed by atoms with Crippen molar-refractivity contribution >= 4 is 16.9 Å². The number of nitrogens with zero attached hydrogens (tertiary/aromatic N) is 3. The number of amides is 1. The second-order valence-corrected chi connectivity index (χ2v) is 5.94. The zero-order chi connectivity index (χ0) is 19.6. The van der Waals surface area contributed by atoms with E-state index < -0.39 is 11.7 Å². The Morgan fingerprint density at radius 3 is 2.67 bits per heavy atom. The van der Waals surface area contributed by atoms with Crippen LogP contribution >= 0.6 is 0 Å². The quantitative estimate of drug-likeness (QED) is 0.740. The maximum Gasteiger partial charge on any atom is 0.416 e. The molecule has 0 aliphatic carbocycles. The van der Waals surface area contributed by atoms with Crippen LogP contribution in [0.5, 0.6) is 0 Å². The lowest BCUT2D eigenvalue weighted by atomic mass is 10.2. The highest BCUT2D eigenvalue weighted by molar-refractivity contribution is 5.99. The number of alkyl halides is 3. The Morgan fingerprint density at radius 1 is 1.22 bits per heavy atom. The summed E-state index contributed by atoms with van der Waals surface area (Å²) in [5, 5.41) is 9.81. The van der Waals surface area contributed by atoms with Crippen LogP contribution < -0.4 is 0 Å². The Kier molecular flexibility index (Phi) is 5.18. The average Bonchev–Trinajstić information content (AvgIpc) is 3.04. The van der Waals surface area contributed by atoms with Gasteiger partial charge in [-0.15, -0.1) is 0 Å². The van der Waals surface area contributed by atoms with Gasteiger partial charge >= 0.3 is 6.18 Å². The van der Waals surface area contributed by atoms with Crippen molar-refractivity contribution in [2.24, 2.45) is 0 Å². The van der Waals surface area contributed by atoms with E-state index in [-0.39, 0.29) is 30.4 Å². The zero-order valence-corrected chi connectivity index (χ0v) is 14.6. The first kappa shape index (κ1) is 18.9. The standard InChI is InChI=1S/C19H18F3N3O2/c1-2-24(9-10-26)18(27)16-11-13-5-4-8-23-17(13)25(16)15-7-3-6-14(12-15)19(20,21)22/h3-8,11-12,26H,2,9-10H2,1H3. The number of hydrogen-bond acceptors (Lipinski definition) is 3. The van der Waals surface area contributed by atoms with E-state index >= 15 is 0 Å². The molecule has 3 rings (SSSR count). The molecule has 0 fully saturated rings. The van der Waals surface area contributed by atoms with E-state index in [2.05, 4.69) is 4.98 Å². The summed E-state index contributed by atoms with van der Waals surface area (Å²) in [7, 11) is 0. The molecular weight excluding hydrogens is 359 g/mol. The zero-order valence-electron chi connectivity index (χ0n) is 14.6. The Morgan fingerprint density at radius 2 is 2.00 bits per heavy atom. The highest BCUT2D eigenvalue weighted by Crippen LogP contribution is 2.32. The fourth-order valence-corrected chi connectivity index (χ4v) is 2.96. The van der Waals surface area contributed by atoms with Gasteiger partial charge in [0.05, 0.1) is 12.2 Å². The number of pyridine rings is 1. The van der Waals surface area contributed by atoms with Gasteiger partial charge in [-0.1, -0.05) is 6.07 Å². The lowest BCUT2D eigenvalue weighted by Crippen LogP contribution is -2.34. The highest BCUT2D eigenvalue weighted by atomic mass is 19.4. The number of rotatable bonds is 5. The largest absolute Gasteiger partial charge is 0.416 e. The number of aliphatic hydroxyl groups excluding tert-OH is 1. The molecule has 2 aromatic heterocycles. The SMILES string of the molecule is CCN(CCO)C(=O)c1cc2cccnc2n1-c1cccc(C(F)(F)F)c1. The second kappa shape index (κ2) is 7.40. The minimum Gasteiger partial charge on any atom is -0.395 e. The number of fused-ring (bicyclic) bond motifs is 1. The third kappa shape index (κ3) is 3.66. The Bertz CT molecular complexity index is 966. The molecule has 1 N–H and O–H groups in total. The van der Waals surface area contributed by atoms with Gasteiger partial charge in [-0.3, -0.25) is 9.36 Å². The molecule has 3 aromatic rings.